The molecular weight excluding hydrogens is 317 g/mol. The van der Waals surface area contributed by atoms with Crippen molar-refractivity contribution in [1.82, 2.24) is 4.72 Å². The maximum Gasteiger partial charge on any atom is 0.214 e. The molecule has 0 saturated heterocycles. The molecule has 3 nitrogen and oxygen atoms in total. The Labute approximate surface area is 130 Å². The maximum absolute atomic E-state index is 13.0. The van der Waals surface area contributed by atoms with Crippen LogP contribution in [0.5, 0.6) is 0 Å². The smallest absolute Gasteiger partial charge is 0.214 e. The Morgan fingerprint density at radius 1 is 1.30 bits per heavy atom. The topological polar surface area (TPSA) is 46.2 Å². The van der Waals surface area contributed by atoms with E-state index in [-0.39, 0.29) is 0 Å². The summed E-state index contributed by atoms with van der Waals surface area (Å²) in [5, 5.41) is -0.445. The lowest BCUT2D eigenvalue weighted by atomic mass is 9.99. The summed E-state index contributed by atoms with van der Waals surface area (Å²) < 4.78 is 40.5. The van der Waals surface area contributed by atoms with E-state index < -0.39 is 21.4 Å². The zero-order valence-corrected chi connectivity index (χ0v) is 14.3. The maximum atomic E-state index is 13.0. The first kappa shape index (κ1) is 17.9. The lowest BCUT2D eigenvalue weighted by Gasteiger charge is -2.24. The van der Waals surface area contributed by atoms with Crippen LogP contribution in [0.25, 0.3) is 0 Å². The van der Waals surface area contributed by atoms with Gasteiger partial charge in [0.05, 0.1) is 9.46 Å². The van der Waals surface area contributed by atoms with E-state index in [0.29, 0.717) is 32.2 Å². The van der Waals surface area contributed by atoms with Crippen molar-refractivity contribution in [3.63, 3.8) is 0 Å². The highest BCUT2D eigenvalue weighted by Gasteiger charge is 2.30. The van der Waals surface area contributed by atoms with E-state index >= 15 is 0 Å². The molecule has 1 aromatic rings. The minimum atomic E-state index is -3.33. The van der Waals surface area contributed by atoms with E-state index in [1.807, 2.05) is 26.0 Å². The minimum absolute atomic E-state index is 0.295. The summed E-state index contributed by atoms with van der Waals surface area (Å²) in [6.07, 6.45) is 0.703. The van der Waals surface area contributed by atoms with Crippen LogP contribution >= 0.6 is 24.0 Å². The summed E-state index contributed by atoms with van der Waals surface area (Å²) in [7, 11) is -3.33. The van der Waals surface area contributed by atoms with Crippen molar-refractivity contribution in [2.75, 3.05) is 0 Å². The molecule has 1 N–H and O–H groups in total. The van der Waals surface area contributed by atoms with Gasteiger partial charge in [-0.2, -0.15) is 0 Å². The van der Waals surface area contributed by atoms with Gasteiger partial charge in [-0.3, -0.25) is 0 Å². The van der Waals surface area contributed by atoms with Crippen LogP contribution < -0.4 is 4.72 Å². The average Bonchev–Trinajstić information content (AvgIpc) is 2.85. The van der Waals surface area contributed by atoms with Gasteiger partial charge in [0.25, 0.3) is 0 Å². The second kappa shape index (κ2) is 8.36. The number of hydrogen-bond acceptors (Lipinski definition) is 4. The van der Waals surface area contributed by atoms with Gasteiger partial charge in [0, 0.05) is 11.4 Å². The molecule has 0 aromatic carbocycles. The third-order valence-electron chi connectivity index (χ3n) is 3.14. The van der Waals surface area contributed by atoms with Crippen LogP contribution in [0.3, 0.4) is 0 Å². The van der Waals surface area contributed by atoms with E-state index in [2.05, 4.69) is 17.4 Å². The molecular formula is C13H22FNO2S3. The lowest BCUT2D eigenvalue weighted by Crippen LogP contribution is -2.36. The molecule has 1 aliphatic carbocycles. The van der Waals surface area contributed by atoms with Gasteiger partial charge >= 0.3 is 0 Å². The molecule has 0 bridgehead atoms. The quantitative estimate of drug-likeness (QED) is 0.821. The predicted octanol–water partition coefficient (Wildman–Crippen LogP) is 3.76. The number of thiophene rings is 1. The average molecular weight is 340 g/mol. The zero-order valence-electron chi connectivity index (χ0n) is 11.8. The van der Waals surface area contributed by atoms with E-state index in [4.69, 9.17) is 0 Å². The third kappa shape index (κ3) is 5.35. The standard InChI is InChI=1S/C11H16FNO2S3.C2H6/c12-8-1-4-10(5-2-8)18(14,15)13-7-9-3-6-11(16)17-9;1-2/h3,6,8,10,13,16H,1-2,4-5,7H2;1-2H3. The second-order valence-corrected chi connectivity index (χ2v) is 8.48. The minimum Gasteiger partial charge on any atom is -0.247 e. The molecule has 1 fully saturated rings. The van der Waals surface area contributed by atoms with E-state index in [1.165, 1.54) is 11.3 Å². The Bertz CT molecular complexity index is 493. The molecule has 0 unspecified atom stereocenters. The molecule has 7 heteroatoms. The summed E-state index contributed by atoms with van der Waals surface area (Å²) >= 11 is 5.63. The summed E-state index contributed by atoms with van der Waals surface area (Å²) in [5.74, 6) is 0. The first-order chi connectivity index (χ1) is 9.47. The largest absolute Gasteiger partial charge is 0.247 e. The van der Waals surface area contributed by atoms with Gasteiger partial charge < -0.3 is 0 Å². The highest BCUT2D eigenvalue weighted by molar-refractivity contribution is 7.90. The van der Waals surface area contributed by atoms with Crippen LogP contribution in [0.15, 0.2) is 16.3 Å². The number of nitrogens with one attached hydrogen (secondary N) is 1. The van der Waals surface area contributed by atoms with Crippen molar-refractivity contribution in [3.05, 3.63) is 17.0 Å². The Morgan fingerprint density at radius 2 is 1.90 bits per heavy atom. The van der Waals surface area contributed by atoms with Crippen LogP contribution in [-0.4, -0.2) is 19.8 Å². The summed E-state index contributed by atoms with van der Waals surface area (Å²) in [5.41, 5.74) is 0. The first-order valence-corrected chi connectivity index (χ1v) is 9.68. The van der Waals surface area contributed by atoms with Gasteiger partial charge in [0.1, 0.15) is 6.17 Å². The number of rotatable bonds is 4. The van der Waals surface area contributed by atoms with Crippen LogP contribution in [0.4, 0.5) is 4.39 Å². The first-order valence-electron chi connectivity index (χ1n) is 6.87. The number of alkyl halides is 1. The summed E-state index contributed by atoms with van der Waals surface area (Å²) in [6.45, 7) is 4.29. The Morgan fingerprint density at radius 3 is 2.40 bits per heavy atom. The fourth-order valence-corrected chi connectivity index (χ4v) is 4.77. The van der Waals surface area contributed by atoms with Crippen molar-refractivity contribution < 1.29 is 12.8 Å². The fraction of sp³-hybridized carbons (Fsp3) is 0.692. The molecule has 1 heterocycles. The molecule has 1 aromatic heterocycles. The molecule has 2 rings (SSSR count). The summed E-state index contributed by atoms with van der Waals surface area (Å²) in [4.78, 5) is 0.933. The Kier molecular flexibility index (Phi) is 7.50. The highest BCUT2D eigenvalue weighted by Crippen LogP contribution is 2.26. The molecule has 0 spiro atoms. The van der Waals surface area contributed by atoms with Crippen molar-refractivity contribution in [3.8, 4) is 0 Å². The Balaban J connectivity index is 0.000000956. The van der Waals surface area contributed by atoms with Gasteiger partial charge in [0.15, 0.2) is 0 Å². The van der Waals surface area contributed by atoms with E-state index in [0.717, 1.165) is 9.09 Å². The normalized spacial score (nSPS) is 23.0. The van der Waals surface area contributed by atoms with Crippen LogP contribution in [0.2, 0.25) is 0 Å². The van der Waals surface area contributed by atoms with Crippen LogP contribution in [0, 0.1) is 0 Å². The number of halogens is 1. The van der Waals surface area contributed by atoms with Gasteiger partial charge in [-0.25, -0.2) is 17.5 Å². The SMILES string of the molecule is CC.O=S(=O)(NCc1ccc(S)s1)C1CCC(F)CC1. The Hall–Kier alpha value is -0.110. The van der Waals surface area contributed by atoms with E-state index in [1.54, 1.807) is 0 Å². The molecule has 20 heavy (non-hydrogen) atoms. The third-order valence-corrected chi connectivity index (χ3v) is 6.34. The second-order valence-electron chi connectivity index (χ2n) is 4.48. The van der Waals surface area contributed by atoms with E-state index in [9.17, 15) is 12.8 Å². The molecule has 0 atom stereocenters. The van der Waals surface area contributed by atoms with Crippen molar-refractivity contribution in [1.29, 1.82) is 0 Å². The molecule has 0 aliphatic heterocycles. The van der Waals surface area contributed by atoms with Crippen LogP contribution in [-0.2, 0) is 16.6 Å². The summed E-state index contributed by atoms with van der Waals surface area (Å²) in [6, 6.07) is 3.69. The number of thiol groups is 1. The van der Waals surface area contributed by atoms with Gasteiger partial charge in [-0.05, 0) is 37.8 Å². The van der Waals surface area contributed by atoms with Crippen molar-refractivity contribution in [2.24, 2.45) is 0 Å². The lowest BCUT2D eigenvalue weighted by molar-refractivity contribution is 0.251. The zero-order chi connectivity index (χ0) is 15.2. The monoisotopic (exact) mass is 339 g/mol. The van der Waals surface area contributed by atoms with Crippen LogP contribution in [0.1, 0.15) is 44.4 Å². The predicted molar refractivity (Wildman–Crippen MR) is 85.8 cm³/mol. The molecule has 1 saturated carbocycles. The molecule has 0 radical (unpaired) electrons. The number of hydrogen-bond donors (Lipinski definition) is 2. The molecule has 0 amide bonds. The van der Waals surface area contributed by atoms with Crippen molar-refractivity contribution in [2.45, 2.75) is 61.7 Å². The van der Waals surface area contributed by atoms with Crippen molar-refractivity contribution >= 4 is 34.0 Å². The fourth-order valence-electron chi connectivity index (χ4n) is 2.08. The van der Waals surface area contributed by atoms with Gasteiger partial charge in [0.2, 0.25) is 10.0 Å². The molecule has 116 valence electrons. The number of sulfonamides is 1. The van der Waals surface area contributed by atoms with Gasteiger partial charge in [-0.15, -0.1) is 24.0 Å². The highest BCUT2D eigenvalue weighted by atomic mass is 32.2. The van der Waals surface area contributed by atoms with Gasteiger partial charge in [-0.1, -0.05) is 13.8 Å². The molecule has 1 aliphatic rings.